The maximum absolute atomic E-state index is 6.05. The second-order valence-corrected chi connectivity index (χ2v) is 3.13. The lowest BCUT2D eigenvalue weighted by Gasteiger charge is -1.95. The minimum atomic E-state index is 0.577. The number of halogens is 1. The van der Waals surface area contributed by atoms with Crippen LogP contribution < -0.4 is 0 Å². The van der Waals surface area contributed by atoms with Crippen molar-refractivity contribution in [2.75, 3.05) is 0 Å². The van der Waals surface area contributed by atoms with Crippen LogP contribution in [0.4, 0.5) is 0 Å². The van der Waals surface area contributed by atoms with E-state index in [4.69, 9.17) is 16.0 Å². The Morgan fingerprint density at radius 3 is 3.00 bits per heavy atom. The first-order chi connectivity index (χ1) is 6.22. The molecule has 1 aromatic carbocycles. The molecule has 66 valence electrons. The third-order valence-electron chi connectivity index (χ3n) is 1.85. The molecule has 2 rings (SSSR count). The summed E-state index contributed by atoms with van der Waals surface area (Å²) in [5, 5.41) is 0.577. The van der Waals surface area contributed by atoms with Crippen LogP contribution in [0.3, 0.4) is 0 Å². The third-order valence-corrected chi connectivity index (χ3v) is 2.24. The fraction of sp³-hybridized carbons (Fsp3) is 0.100. The lowest BCUT2D eigenvalue weighted by Crippen LogP contribution is -1.75. The number of fused-ring (bicyclic) bond motifs is 1. The first-order valence-electron chi connectivity index (χ1n) is 3.90. The van der Waals surface area contributed by atoms with Crippen molar-refractivity contribution in [2.45, 2.75) is 6.92 Å². The second kappa shape index (κ2) is 2.89. The zero-order valence-electron chi connectivity index (χ0n) is 7.17. The predicted octanol–water partition coefficient (Wildman–Crippen LogP) is 3.43. The largest absolute Gasteiger partial charge is 0.439 e. The highest BCUT2D eigenvalue weighted by atomic mass is 35.5. The Morgan fingerprint density at radius 1 is 1.54 bits per heavy atom. The molecule has 0 aliphatic rings. The standard InChI is InChI=1S/C10H8ClNO/c1-3-7-4-5-8-10(9(7)11)13-6(2)12-8/h3-5H,1H2,2H3. The number of hydrogen-bond acceptors (Lipinski definition) is 2. The van der Waals surface area contributed by atoms with Crippen molar-refractivity contribution < 1.29 is 4.42 Å². The first-order valence-corrected chi connectivity index (χ1v) is 4.28. The number of nitrogens with zero attached hydrogens (tertiary/aromatic N) is 1. The molecular weight excluding hydrogens is 186 g/mol. The summed E-state index contributed by atoms with van der Waals surface area (Å²) in [6.07, 6.45) is 1.69. The fourth-order valence-electron chi connectivity index (χ4n) is 1.24. The van der Waals surface area contributed by atoms with E-state index in [1.807, 2.05) is 12.1 Å². The number of oxazole rings is 1. The molecule has 2 aromatic rings. The summed E-state index contributed by atoms with van der Waals surface area (Å²) in [7, 11) is 0. The number of benzene rings is 1. The smallest absolute Gasteiger partial charge is 0.192 e. The van der Waals surface area contributed by atoms with Gasteiger partial charge in [-0.3, -0.25) is 0 Å². The molecule has 0 N–H and O–H groups in total. The molecule has 0 atom stereocenters. The summed E-state index contributed by atoms with van der Waals surface area (Å²) >= 11 is 6.05. The van der Waals surface area contributed by atoms with Crippen molar-refractivity contribution >= 4 is 28.8 Å². The molecule has 0 saturated carbocycles. The normalized spacial score (nSPS) is 10.6. The number of aryl methyl sites for hydroxylation is 1. The highest BCUT2D eigenvalue weighted by molar-refractivity contribution is 6.36. The van der Waals surface area contributed by atoms with E-state index in [9.17, 15) is 0 Å². The van der Waals surface area contributed by atoms with Gasteiger partial charge in [0.25, 0.3) is 0 Å². The van der Waals surface area contributed by atoms with Gasteiger partial charge in [0.05, 0.1) is 5.02 Å². The van der Waals surface area contributed by atoms with Crippen LogP contribution in [-0.2, 0) is 0 Å². The van der Waals surface area contributed by atoms with Gasteiger partial charge >= 0.3 is 0 Å². The van der Waals surface area contributed by atoms with Gasteiger partial charge in [-0.15, -0.1) is 0 Å². The van der Waals surface area contributed by atoms with E-state index in [0.29, 0.717) is 16.5 Å². The molecule has 0 fully saturated rings. The Bertz CT molecular complexity index is 473. The molecule has 3 heteroatoms. The van der Waals surface area contributed by atoms with Crippen LogP contribution in [-0.4, -0.2) is 4.98 Å². The molecule has 0 radical (unpaired) electrons. The van der Waals surface area contributed by atoms with Crippen LogP contribution in [0.25, 0.3) is 17.2 Å². The first kappa shape index (κ1) is 8.32. The van der Waals surface area contributed by atoms with E-state index in [2.05, 4.69) is 11.6 Å². The summed E-state index contributed by atoms with van der Waals surface area (Å²) in [5.74, 6) is 0.623. The van der Waals surface area contributed by atoms with Crippen LogP contribution in [0, 0.1) is 6.92 Å². The quantitative estimate of drug-likeness (QED) is 0.694. The van der Waals surface area contributed by atoms with Crippen molar-refractivity contribution in [2.24, 2.45) is 0 Å². The second-order valence-electron chi connectivity index (χ2n) is 2.75. The van der Waals surface area contributed by atoms with E-state index < -0.39 is 0 Å². The topological polar surface area (TPSA) is 26.0 Å². The Hall–Kier alpha value is -1.28. The van der Waals surface area contributed by atoms with Crippen molar-refractivity contribution in [1.82, 2.24) is 4.98 Å². The Kier molecular flexibility index (Phi) is 1.85. The summed E-state index contributed by atoms with van der Waals surface area (Å²) in [6.45, 7) is 5.45. The third kappa shape index (κ3) is 1.23. The van der Waals surface area contributed by atoms with Gasteiger partial charge in [0.15, 0.2) is 11.5 Å². The zero-order chi connectivity index (χ0) is 9.42. The van der Waals surface area contributed by atoms with Crippen molar-refractivity contribution in [3.05, 3.63) is 35.2 Å². The SMILES string of the molecule is C=Cc1ccc2nc(C)oc2c1Cl. The van der Waals surface area contributed by atoms with Crippen molar-refractivity contribution in [1.29, 1.82) is 0 Å². The molecule has 0 unspecified atom stereocenters. The van der Waals surface area contributed by atoms with Gasteiger partial charge in [-0.25, -0.2) is 4.98 Å². The molecule has 1 aromatic heterocycles. The van der Waals surface area contributed by atoms with Gasteiger partial charge in [-0.2, -0.15) is 0 Å². The number of rotatable bonds is 1. The van der Waals surface area contributed by atoms with Gasteiger partial charge in [0.2, 0.25) is 0 Å². The van der Waals surface area contributed by atoms with Gasteiger partial charge in [-0.1, -0.05) is 30.3 Å². The van der Waals surface area contributed by atoms with Crippen LogP contribution in [0.1, 0.15) is 11.5 Å². The molecule has 0 aliphatic carbocycles. The molecule has 13 heavy (non-hydrogen) atoms. The minimum absolute atomic E-state index is 0.577. The molecular formula is C10H8ClNO. The minimum Gasteiger partial charge on any atom is -0.439 e. The highest BCUT2D eigenvalue weighted by Crippen LogP contribution is 2.28. The van der Waals surface area contributed by atoms with E-state index in [0.717, 1.165) is 11.1 Å². The van der Waals surface area contributed by atoms with E-state index in [-0.39, 0.29) is 0 Å². The van der Waals surface area contributed by atoms with Crippen LogP contribution in [0.15, 0.2) is 23.1 Å². The fourth-order valence-corrected chi connectivity index (χ4v) is 1.52. The molecule has 0 saturated heterocycles. The van der Waals surface area contributed by atoms with E-state index in [1.54, 1.807) is 13.0 Å². The van der Waals surface area contributed by atoms with Crippen LogP contribution >= 0.6 is 11.6 Å². The number of aromatic nitrogens is 1. The highest BCUT2D eigenvalue weighted by Gasteiger charge is 2.08. The number of hydrogen-bond donors (Lipinski definition) is 0. The lowest BCUT2D eigenvalue weighted by atomic mass is 10.2. The van der Waals surface area contributed by atoms with Gasteiger partial charge in [0, 0.05) is 6.92 Å². The molecule has 2 nitrogen and oxygen atoms in total. The zero-order valence-corrected chi connectivity index (χ0v) is 7.93. The predicted molar refractivity (Wildman–Crippen MR) is 53.8 cm³/mol. The molecule has 0 spiro atoms. The summed E-state index contributed by atoms with van der Waals surface area (Å²) in [5.41, 5.74) is 2.29. The summed E-state index contributed by atoms with van der Waals surface area (Å²) in [4.78, 5) is 4.16. The molecule has 1 heterocycles. The van der Waals surface area contributed by atoms with Gasteiger partial charge < -0.3 is 4.42 Å². The monoisotopic (exact) mass is 193 g/mol. The molecule has 0 amide bonds. The van der Waals surface area contributed by atoms with Gasteiger partial charge in [-0.05, 0) is 11.6 Å². The maximum atomic E-state index is 6.05. The lowest BCUT2D eigenvalue weighted by molar-refractivity contribution is 0.561. The molecule has 0 aliphatic heterocycles. The Labute approximate surface area is 80.8 Å². The average molecular weight is 194 g/mol. The summed E-state index contributed by atoms with van der Waals surface area (Å²) < 4.78 is 5.35. The summed E-state index contributed by atoms with van der Waals surface area (Å²) in [6, 6.07) is 3.74. The van der Waals surface area contributed by atoms with Gasteiger partial charge in [0.1, 0.15) is 5.52 Å². The molecule has 0 bridgehead atoms. The van der Waals surface area contributed by atoms with Crippen LogP contribution in [0.2, 0.25) is 5.02 Å². The van der Waals surface area contributed by atoms with E-state index >= 15 is 0 Å². The maximum Gasteiger partial charge on any atom is 0.192 e. The van der Waals surface area contributed by atoms with Crippen molar-refractivity contribution in [3.8, 4) is 0 Å². The van der Waals surface area contributed by atoms with E-state index in [1.165, 1.54) is 0 Å². The van der Waals surface area contributed by atoms with Crippen molar-refractivity contribution in [3.63, 3.8) is 0 Å². The Morgan fingerprint density at radius 2 is 2.31 bits per heavy atom. The van der Waals surface area contributed by atoms with Crippen LogP contribution in [0.5, 0.6) is 0 Å². The average Bonchev–Trinajstić information content (AvgIpc) is 2.47. The Balaban J connectivity index is 2.85.